The van der Waals surface area contributed by atoms with E-state index in [9.17, 15) is 4.39 Å². The summed E-state index contributed by atoms with van der Waals surface area (Å²) in [4.78, 5) is 3.84. The van der Waals surface area contributed by atoms with Crippen molar-refractivity contribution >= 4 is 0 Å². The lowest BCUT2D eigenvalue weighted by Gasteiger charge is -2.07. The van der Waals surface area contributed by atoms with Gasteiger partial charge in [0.2, 0.25) is 0 Å². The van der Waals surface area contributed by atoms with Crippen molar-refractivity contribution in [2.24, 2.45) is 5.73 Å². The maximum atomic E-state index is 13.0. The van der Waals surface area contributed by atoms with E-state index in [2.05, 4.69) is 11.9 Å². The molecule has 96 valence electrons. The highest BCUT2D eigenvalue weighted by atomic mass is 19.1. The van der Waals surface area contributed by atoms with Crippen LogP contribution in [0.3, 0.4) is 0 Å². The van der Waals surface area contributed by atoms with Crippen LogP contribution in [0.1, 0.15) is 36.9 Å². The Kier molecular flexibility index (Phi) is 4.10. The highest BCUT2D eigenvalue weighted by molar-refractivity contribution is 5.17. The lowest BCUT2D eigenvalue weighted by molar-refractivity contribution is 0.615. The number of aromatic nitrogens is 2. The Balaban J connectivity index is 2.06. The molecule has 0 saturated carbocycles. The Labute approximate surface area is 106 Å². The van der Waals surface area contributed by atoms with E-state index >= 15 is 0 Å². The van der Waals surface area contributed by atoms with Crippen LogP contribution in [0.25, 0.3) is 0 Å². The second kappa shape index (κ2) is 5.78. The quantitative estimate of drug-likeness (QED) is 0.883. The van der Waals surface area contributed by atoms with Crippen LogP contribution in [-0.2, 0) is 6.54 Å². The minimum atomic E-state index is -0.303. The number of rotatable bonds is 5. The Morgan fingerprint density at radius 3 is 3.00 bits per heavy atom. The molecule has 2 rings (SSSR count). The molecule has 0 aliphatic heterocycles. The molecule has 0 aliphatic carbocycles. The van der Waals surface area contributed by atoms with E-state index in [0.29, 0.717) is 6.54 Å². The van der Waals surface area contributed by atoms with Crippen molar-refractivity contribution in [1.29, 1.82) is 0 Å². The average molecular weight is 247 g/mol. The molecule has 0 saturated heterocycles. The van der Waals surface area contributed by atoms with Gasteiger partial charge in [0.1, 0.15) is 5.82 Å². The smallest absolute Gasteiger partial charge is 0.141 e. The fourth-order valence-electron chi connectivity index (χ4n) is 2.01. The fraction of sp³-hybridized carbons (Fsp3) is 0.357. The Morgan fingerprint density at radius 2 is 2.28 bits per heavy atom. The van der Waals surface area contributed by atoms with Gasteiger partial charge in [0.05, 0.1) is 6.20 Å². The second-order valence-corrected chi connectivity index (χ2v) is 4.52. The van der Waals surface area contributed by atoms with Crippen LogP contribution in [0, 0.1) is 5.82 Å². The molecule has 1 atom stereocenters. The molecule has 0 fully saturated rings. The Morgan fingerprint density at radius 1 is 1.44 bits per heavy atom. The maximum Gasteiger partial charge on any atom is 0.141 e. The molecule has 18 heavy (non-hydrogen) atoms. The third-order valence-corrected chi connectivity index (χ3v) is 2.93. The van der Waals surface area contributed by atoms with Crippen LogP contribution in [0.4, 0.5) is 4.39 Å². The molecule has 2 aromatic rings. The van der Waals surface area contributed by atoms with Gasteiger partial charge < -0.3 is 10.3 Å². The first-order valence-electron chi connectivity index (χ1n) is 6.19. The van der Waals surface area contributed by atoms with Gasteiger partial charge in [-0.15, -0.1) is 0 Å². The van der Waals surface area contributed by atoms with Crippen LogP contribution in [0.2, 0.25) is 0 Å². The van der Waals surface area contributed by atoms with Gasteiger partial charge in [-0.1, -0.05) is 13.3 Å². The standard InChI is InChI=1S/C14H18FN3/c1-2-3-14(16)12-4-5-18(10-12)9-11-6-13(15)8-17-7-11/h4-8,10,14H,2-3,9,16H2,1H3. The van der Waals surface area contributed by atoms with Gasteiger partial charge in [0.15, 0.2) is 0 Å². The molecule has 1 unspecified atom stereocenters. The average Bonchev–Trinajstić information content (AvgIpc) is 2.78. The van der Waals surface area contributed by atoms with Gasteiger partial charge in [0, 0.05) is 31.2 Å². The van der Waals surface area contributed by atoms with Crippen molar-refractivity contribution in [1.82, 2.24) is 9.55 Å². The third kappa shape index (κ3) is 3.17. The molecular weight excluding hydrogens is 229 g/mol. The van der Waals surface area contributed by atoms with Crippen LogP contribution in [-0.4, -0.2) is 9.55 Å². The van der Waals surface area contributed by atoms with Crippen LogP contribution < -0.4 is 5.73 Å². The van der Waals surface area contributed by atoms with Gasteiger partial charge in [-0.2, -0.15) is 0 Å². The predicted molar refractivity (Wildman–Crippen MR) is 69.6 cm³/mol. The normalized spacial score (nSPS) is 12.6. The van der Waals surface area contributed by atoms with Crippen LogP contribution >= 0.6 is 0 Å². The topological polar surface area (TPSA) is 43.8 Å². The summed E-state index contributed by atoms with van der Waals surface area (Å²) in [5.41, 5.74) is 8.03. The molecule has 0 aromatic carbocycles. The summed E-state index contributed by atoms with van der Waals surface area (Å²) in [7, 11) is 0. The minimum Gasteiger partial charge on any atom is -0.350 e. The van der Waals surface area contributed by atoms with E-state index in [4.69, 9.17) is 5.73 Å². The van der Waals surface area contributed by atoms with Crippen molar-refractivity contribution < 1.29 is 4.39 Å². The number of nitrogens with zero attached hydrogens (tertiary/aromatic N) is 2. The summed E-state index contributed by atoms with van der Waals surface area (Å²) in [5.74, 6) is -0.303. The molecule has 2 heterocycles. The largest absolute Gasteiger partial charge is 0.350 e. The van der Waals surface area contributed by atoms with E-state index in [-0.39, 0.29) is 11.9 Å². The Hall–Kier alpha value is -1.68. The summed E-state index contributed by atoms with van der Waals surface area (Å²) in [6, 6.07) is 3.60. The number of hydrogen-bond acceptors (Lipinski definition) is 2. The molecule has 3 nitrogen and oxygen atoms in total. The lowest BCUT2D eigenvalue weighted by atomic mass is 10.1. The minimum absolute atomic E-state index is 0.0851. The van der Waals surface area contributed by atoms with Crippen molar-refractivity contribution in [2.75, 3.05) is 0 Å². The lowest BCUT2D eigenvalue weighted by Crippen LogP contribution is -2.08. The number of hydrogen-bond donors (Lipinski definition) is 1. The molecule has 0 radical (unpaired) electrons. The highest BCUT2D eigenvalue weighted by Crippen LogP contribution is 2.16. The van der Waals surface area contributed by atoms with Crippen LogP contribution in [0.15, 0.2) is 36.9 Å². The molecular formula is C14H18FN3. The third-order valence-electron chi connectivity index (χ3n) is 2.93. The van der Waals surface area contributed by atoms with Crippen molar-refractivity contribution in [2.45, 2.75) is 32.4 Å². The molecule has 0 aliphatic rings. The zero-order chi connectivity index (χ0) is 13.0. The van der Waals surface area contributed by atoms with Crippen molar-refractivity contribution in [3.8, 4) is 0 Å². The zero-order valence-electron chi connectivity index (χ0n) is 10.5. The fourth-order valence-corrected chi connectivity index (χ4v) is 2.01. The SMILES string of the molecule is CCCC(N)c1ccn(Cc2cncc(F)c2)c1. The van der Waals surface area contributed by atoms with Gasteiger partial charge in [-0.05, 0) is 29.7 Å². The summed E-state index contributed by atoms with van der Waals surface area (Å²) in [6.07, 6.45) is 8.92. The van der Waals surface area contributed by atoms with Crippen molar-refractivity contribution in [3.63, 3.8) is 0 Å². The van der Waals surface area contributed by atoms with E-state index in [1.54, 1.807) is 6.20 Å². The van der Waals surface area contributed by atoms with E-state index in [0.717, 1.165) is 24.0 Å². The molecule has 0 spiro atoms. The van der Waals surface area contributed by atoms with Gasteiger partial charge >= 0.3 is 0 Å². The highest BCUT2D eigenvalue weighted by Gasteiger charge is 2.06. The predicted octanol–water partition coefficient (Wildman–Crippen LogP) is 2.87. The first kappa shape index (κ1) is 12.8. The molecule has 4 heteroatoms. The van der Waals surface area contributed by atoms with Gasteiger partial charge in [0.25, 0.3) is 0 Å². The number of nitrogens with two attached hydrogens (primary N) is 1. The Bertz CT molecular complexity index is 507. The number of halogens is 1. The molecule has 0 amide bonds. The zero-order valence-corrected chi connectivity index (χ0v) is 10.5. The van der Waals surface area contributed by atoms with E-state index < -0.39 is 0 Å². The summed E-state index contributed by atoms with van der Waals surface area (Å²) >= 11 is 0. The molecule has 2 N–H and O–H groups in total. The monoisotopic (exact) mass is 247 g/mol. The maximum absolute atomic E-state index is 13.0. The summed E-state index contributed by atoms with van der Waals surface area (Å²) in [6.45, 7) is 2.73. The molecule has 0 bridgehead atoms. The first-order valence-corrected chi connectivity index (χ1v) is 6.19. The molecule has 2 aromatic heterocycles. The van der Waals surface area contributed by atoms with Gasteiger partial charge in [-0.25, -0.2) is 4.39 Å². The van der Waals surface area contributed by atoms with E-state index in [1.807, 2.05) is 23.0 Å². The van der Waals surface area contributed by atoms with Crippen molar-refractivity contribution in [3.05, 3.63) is 53.9 Å². The van der Waals surface area contributed by atoms with Crippen LogP contribution in [0.5, 0.6) is 0 Å². The summed E-state index contributed by atoms with van der Waals surface area (Å²) < 4.78 is 15.0. The number of pyridine rings is 1. The van der Waals surface area contributed by atoms with E-state index in [1.165, 1.54) is 12.3 Å². The van der Waals surface area contributed by atoms with Gasteiger partial charge in [-0.3, -0.25) is 4.98 Å². The second-order valence-electron chi connectivity index (χ2n) is 4.52. The first-order chi connectivity index (χ1) is 8.69. The summed E-state index contributed by atoms with van der Waals surface area (Å²) in [5, 5.41) is 0.